The lowest BCUT2D eigenvalue weighted by molar-refractivity contribution is 0.463. The van der Waals surface area contributed by atoms with Gasteiger partial charge in [-0.2, -0.15) is 5.26 Å². The van der Waals surface area contributed by atoms with Crippen LogP contribution in [0.3, 0.4) is 0 Å². The molecular formula is C8H8N2O. The summed E-state index contributed by atoms with van der Waals surface area (Å²) in [5, 5.41) is 17.8. The number of aryl methyl sites for hydroxylation is 1. The molecule has 11 heavy (non-hydrogen) atoms. The second-order valence-electron chi connectivity index (χ2n) is 2.34. The van der Waals surface area contributed by atoms with E-state index >= 15 is 0 Å². The molecule has 1 heterocycles. The molecule has 56 valence electrons. The Morgan fingerprint density at radius 1 is 1.55 bits per heavy atom. The zero-order valence-electron chi connectivity index (χ0n) is 6.42. The van der Waals surface area contributed by atoms with Gasteiger partial charge in [-0.25, -0.2) is 0 Å². The minimum Gasteiger partial charge on any atom is -0.506 e. The van der Waals surface area contributed by atoms with E-state index in [1.807, 2.05) is 6.07 Å². The largest absolute Gasteiger partial charge is 0.506 e. The van der Waals surface area contributed by atoms with Crippen molar-refractivity contribution >= 4 is 0 Å². The average Bonchev–Trinajstić information content (AvgIpc) is 2.01. The first-order valence-corrected chi connectivity index (χ1v) is 3.22. The fourth-order valence-corrected chi connectivity index (χ4v) is 0.831. The second kappa shape index (κ2) is 2.59. The van der Waals surface area contributed by atoms with E-state index in [4.69, 9.17) is 5.26 Å². The van der Waals surface area contributed by atoms with Crippen LogP contribution in [0.1, 0.15) is 16.8 Å². The lowest BCUT2D eigenvalue weighted by Gasteiger charge is -2.01. The number of rotatable bonds is 0. The smallest absolute Gasteiger partial charge is 0.140 e. The molecule has 0 spiro atoms. The van der Waals surface area contributed by atoms with Gasteiger partial charge in [-0.05, 0) is 13.8 Å². The van der Waals surface area contributed by atoms with E-state index in [0.29, 0.717) is 16.8 Å². The Labute approximate surface area is 64.9 Å². The van der Waals surface area contributed by atoms with Gasteiger partial charge in [0, 0.05) is 11.8 Å². The zero-order chi connectivity index (χ0) is 8.43. The van der Waals surface area contributed by atoms with Crippen LogP contribution in [0.2, 0.25) is 0 Å². The molecule has 0 unspecified atom stereocenters. The summed E-state index contributed by atoms with van der Waals surface area (Å²) in [6.07, 6.45) is 1.46. The van der Waals surface area contributed by atoms with Gasteiger partial charge in [-0.1, -0.05) is 0 Å². The van der Waals surface area contributed by atoms with Gasteiger partial charge in [0.15, 0.2) is 0 Å². The third-order valence-electron chi connectivity index (χ3n) is 1.61. The van der Waals surface area contributed by atoms with Crippen LogP contribution in [0.25, 0.3) is 0 Å². The Bertz CT molecular complexity index is 326. The van der Waals surface area contributed by atoms with Gasteiger partial charge in [0.05, 0.1) is 11.3 Å². The summed E-state index contributed by atoms with van der Waals surface area (Å²) in [5.41, 5.74) is 1.58. The van der Waals surface area contributed by atoms with Gasteiger partial charge in [0.1, 0.15) is 11.8 Å². The van der Waals surface area contributed by atoms with Crippen molar-refractivity contribution in [3.05, 3.63) is 23.0 Å². The zero-order valence-corrected chi connectivity index (χ0v) is 6.42. The van der Waals surface area contributed by atoms with Gasteiger partial charge in [-0.3, -0.25) is 4.98 Å². The first-order valence-electron chi connectivity index (χ1n) is 3.22. The Morgan fingerprint density at radius 2 is 2.18 bits per heavy atom. The molecule has 3 nitrogen and oxygen atoms in total. The number of nitriles is 1. The van der Waals surface area contributed by atoms with Gasteiger partial charge in [-0.15, -0.1) is 0 Å². The van der Waals surface area contributed by atoms with Crippen molar-refractivity contribution in [3.63, 3.8) is 0 Å². The summed E-state index contributed by atoms with van der Waals surface area (Å²) in [6.45, 7) is 3.39. The van der Waals surface area contributed by atoms with Crippen molar-refractivity contribution < 1.29 is 5.11 Å². The van der Waals surface area contributed by atoms with Crippen LogP contribution >= 0.6 is 0 Å². The maximum Gasteiger partial charge on any atom is 0.140 e. The van der Waals surface area contributed by atoms with Gasteiger partial charge in [0.25, 0.3) is 0 Å². The molecule has 0 aliphatic rings. The molecule has 0 fully saturated rings. The minimum atomic E-state index is 0.115. The highest BCUT2D eigenvalue weighted by Crippen LogP contribution is 2.21. The van der Waals surface area contributed by atoms with E-state index < -0.39 is 0 Å². The Hall–Kier alpha value is -1.56. The highest BCUT2D eigenvalue weighted by molar-refractivity contribution is 5.45. The second-order valence-corrected chi connectivity index (χ2v) is 2.34. The third-order valence-corrected chi connectivity index (χ3v) is 1.61. The predicted molar refractivity (Wildman–Crippen MR) is 40.1 cm³/mol. The molecule has 0 bridgehead atoms. The van der Waals surface area contributed by atoms with Crippen LogP contribution in [0, 0.1) is 25.2 Å². The summed E-state index contributed by atoms with van der Waals surface area (Å²) >= 11 is 0. The number of nitrogens with zero attached hydrogens (tertiary/aromatic N) is 2. The Kier molecular flexibility index (Phi) is 1.77. The minimum absolute atomic E-state index is 0.115. The molecule has 0 saturated carbocycles. The Morgan fingerprint density at radius 3 is 2.73 bits per heavy atom. The SMILES string of the molecule is Cc1ncc(C#N)c(C)c1O. The van der Waals surface area contributed by atoms with Crippen molar-refractivity contribution in [1.29, 1.82) is 5.26 Å². The van der Waals surface area contributed by atoms with Gasteiger partial charge < -0.3 is 5.11 Å². The van der Waals surface area contributed by atoms with E-state index in [0.717, 1.165) is 0 Å². The highest BCUT2D eigenvalue weighted by atomic mass is 16.3. The molecular weight excluding hydrogens is 140 g/mol. The fraction of sp³-hybridized carbons (Fsp3) is 0.250. The number of aromatic nitrogens is 1. The molecule has 0 aliphatic carbocycles. The van der Waals surface area contributed by atoms with E-state index in [-0.39, 0.29) is 5.75 Å². The summed E-state index contributed by atoms with van der Waals surface area (Å²) in [5.74, 6) is 0.115. The van der Waals surface area contributed by atoms with Crippen molar-refractivity contribution in [1.82, 2.24) is 4.98 Å². The third kappa shape index (κ3) is 1.15. The highest BCUT2D eigenvalue weighted by Gasteiger charge is 2.05. The van der Waals surface area contributed by atoms with Crippen molar-refractivity contribution in [2.75, 3.05) is 0 Å². The molecule has 0 aromatic carbocycles. The first kappa shape index (κ1) is 7.55. The molecule has 0 atom stereocenters. The van der Waals surface area contributed by atoms with Crippen LogP contribution in [-0.2, 0) is 0 Å². The van der Waals surface area contributed by atoms with Crippen LogP contribution < -0.4 is 0 Å². The quantitative estimate of drug-likeness (QED) is 0.602. The maximum absolute atomic E-state index is 9.30. The van der Waals surface area contributed by atoms with Crippen LogP contribution in [0.5, 0.6) is 5.75 Å². The van der Waals surface area contributed by atoms with Crippen molar-refractivity contribution in [2.24, 2.45) is 0 Å². The van der Waals surface area contributed by atoms with Crippen LogP contribution in [0.15, 0.2) is 6.20 Å². The van der Waals surface area contributed by atoms with Crippen molar-refractivity contribution in [2.45, 2.75) is 13.8 Å². The molecule has 1 N–H and O–H groups in total. The standard InChI is InChI=1S/C8H8N2O/c1-5-7(3-9)4-10-6(2)8(5)11/h4,11H,1-2H3. The average molecular weight is 148 g/mol. The van der Waals surface area contributed by atoms with Crippen LogP contribution in [0.4, 0.5) is 0 Å². The Balaban J connectivity index is 3.40. The molecule has 1 aromatic rings. The van der Waals surface area contributed by atoms with E-state index in [2.05, 4.69) is 4.98 Å². The summed E-state index contributed by atoms with van der Waals surface area (Å²) in [7, 11) is 0. The summed E-state index contributed by atoms with van der Waals surface area (Å²) < 4.78 is 0. The normalized spacial score (nSPS) is 9.18. The van der Waals surface area contributed by atoms with Gasteiger partial charge in [0.2, 0.25) is 0 Å². The molecule has 0 aliphatic heterocycles. The molecule has 3 heteroatoms. The number of hydrogen-bond donors (Lipinski definition) is 1. The molecule has 0 radical (unpaired) electrons. The van der Waals surface area contributed by atoms with Gasteiger partial charge >= 0.3 is 0 Å². The number of hydrogen-bond acceptors (Lipinski definition) is 3. The molecule has 1 rings (SSSR count). The van der Waals surface area contributed by atoms with E-state index in [9.17, 15) is 5.11 Å². The number of aromatic hydroxyl groups is 1. The molecule has 1 aromatic heterocycles. The van der Waals surface area contributed by atoms with E-state index in [1.54, 1.807) is 13.8 Å². The monoisotopic (exact) mass is 148 g/mol. The van der Waals surface area contributed by atoms with Crippen molar-refractivity contribution in [3.8, 4) is 11.8 Å². The molecule has 0 amide bonds. The topological polar surface area (TPSA) is 56.9 Å². The summed E-state index contributed by atoms with van der Waals surface area (Å²) in [4.78, 5) is 3.84. The number of pyridine rings is 1. The first-order chi connectivity index (χ1) is 5.16. The summed E-state index contributed by atoms with van der Waals surface area (Å²) in [6, 6.07) is 1.94. The fourth-order valence-electron chi connectivity index (χ4n) is 0.831. The van der Waals surface area contributed by atoms with Crippen LogP contribution in [-0.4, -0.2) is 10.1 Å². The molecule has 0 saturated heterocycles. The van der Waals surface area contributed by atoms with E-state index in [1.165, 1.54) is 6.20 Å². The maximum atomic E-state index is 9.30. The predicted octanol–water partition coefficient (Wildman–Crippen LogP) is 1.28. The lowest BCUT2D eigenvalue weighted by atomic mass is 10.1. The lowest BCUT2D eigenvalue weighted by Crippen LogP contribution is -1.89.